The van der Waals surface area contributed by atoms with Crippen molar-refractivity contribution in [3.05, 3.63) is 0 Å². The standard InChI is InChI=1S/C14H27NO3/c1-11-4-6-14(17,7-5-11)10-15-13(16)8-12(2)9-18-3/h11-12,17H,4-10H2,1-3H3,(H,15,16). The summed E-state index contributed by atoms with van der Waals surface area (Å²) in [7, 11) is 1.64. The molecule has 4 nitrogen and oxygen atoms in total. The van der Waals surface area contributed by atoms with Crippen molar-refractivity contribution in [2.24, 2.45) is 11.8 Å². The van der Waals surface area contributed by atoms with Crippen LogP contribution in [0.3, 0.4) is 0 Å². The van der Waals surface area contributed by atoms with Crippen molar-refractivity contribution in [1.29, 1.82) is 0 Å². The van der Waals surface area contributed by atoms with E-state index in [0.29, 0.717) is 25.5 Å². The molecule has 2 N–H and O–H groups in total. The molecule has 0 saturated heterocycles. The molecular weight excluding hydrogens is 230 g/mol. The lowest BCUT2D eigenvalue weighted by Crippen LogP contribution is -2.45. The highest BCUT2D eigenvalue weighted by Gasteiger charge is 2.31. The minimum atomic E-state index is -0.688. The Morgan fingerprint density at radius 1 is 1.50 bits per heavy atom. The second-order valence-electron chi connectivity index (χ2n) is 5.95. The second-order valence-corrected chi connectivity index (χ2v) is 5.95. The highest BCUT2D eigenvalue weighted by molar-refractivity contribution is 5.76. The molecule has 1 saturated carbocycles. The smallest absolute Gasteiger partial charge is 0.220 e. The van der Waals surface area contributed by atoms with E-state index in [1.807, 2.05) is 6.92 Å². The van der Waals surface area contributed by atoms with Crippen LogP contribution in [0.1, 0.15) is 46.0 Å². The molecule has 0 aromatic carbocycles. The number of methoxy groups -OCH3 is 1. The largest absolute Gasteiger partial charge is 0.388 e. The third-order valence-electron chi connectivity index (χ3n) is 3.80. The van der Waals surface area contributed by atoms with Crippen LogP contribution in [0, 0.1) is 11.8 Å². The number of carbonyl (C=O) groups excluding carboxylic acids is 1. The fraction of sp³-hybridized carbons (Fsp3) is 0.929. The van der Waals surface area contributed by atoms with Crippen LogP contribution >= 0.6 is 0 Å². The molecule has 1 amide bonds. The van der Waals surface area contributed by atoms with Gasteiger partial charge in [-0.2, -0.15) is 0 Å². The van der Waals surface area contributed by atoms with Crippen LogP contribution in [0.4, 0.5) is 0 Å². The summed E-state index contributed by atoms with van der Waals surface area (Å²) in [5.41, 5.74) is -0.688. The van der Waals surface area contributed by atoms with Crippen molar-refractivity contribution in [2.75, 3.05) is 20.3 Å². The van der Waals surface area contributed by atoms with Gasteiger partial charge in [0.2, 0.25) is 5.91 Å². The minimum absolute atomic E-state index is 0.00611. The summed E-state index contributed by atoms with van der Waals surface area (Å²) >= 11 is 0. The Hall–Kier alpha value is -0.610. The van der Waals surface area contributed by atoms with Gasteiger partial charge >= 0.3 is 0 Å². The van der Waals surface area contributed by atoms with Crippen LogP contribution in [0.5, 0.6) is 0 Å². The Balaban J connectivity index is 2.25. The Morgan fingerprint density at radius 2 is 2.11 bits per heavy atom. The van der Waals surface area contributed by atoms with Gasteiger partial charge in [-0.1, -0.05) is 13.8 Å². The highest BCUT2D eigenvalue weighted by atomic mass is 16.5. The van der Waals surface area contributed by atoms with Gasteiger partial charge in [0.25, 0.3) is 0 Å². The van der Waals surface area contributed by atoms with Gasteiger partial charge in [-0.3, -0.25) is 4.79 Å². The van der Waals surface area contributed by atoms with Crippen LogP contribution < -0.4 is 5.32 Å². The van der Waals surface area contributed by atoms with Gasteiger partial charge in [-0.25, -0.2) is 0 Å². The molecule has 0 aliphatic heterocycles. The maximum absolute atomic E-state index is 11.7. The van der Waals surface area contributed by atoms with Crippen LogP contribution in [0.15, 0.2) is 0 Å². The zero-order valence-corrected chi connectivity index (χ0v) is 11.9. The Labute approximate surface area is 110 Å². The van der Waals surface area contributed by atoms with Crippen molar-refractivity contribution in [3.63, 3.8) is 0 Å². The van der Waals surface area contributed by atoms with Gasteiger partial charge in [0.1, 0.15) is 0 Å². The predicted molar refractivity (Wildman–Crippen MR) is 71.2 cm³/mol. The van der Waals surface area contributed by atoms with Crippen LogP contribution in [-0.2, 0) is 9.53 Å². The van der Waals surface area contributed by atoms with Gasteiger partial charge in [0, 0.05) is 26.7 Å². The molecule has 0 spiro atoms. The molecule has 1 unspecified atom stereocenters. The molecule has 4 heteroatoms. The molecule has 106 valence electrons. The molecule has 0 aromatic rings. The molecule has 0 heterocycles. The van der Waals surface area contributed by atoms with Gasteiger partial charge in [0.15, 0.2) is 0 Å². The van der Waals surface area contributed by atoms with Gasteiger partial charge < -0.3 is 15.2 Å². The van der Waals surface area contributed by atoms with Crippen LogP contribution in [0.2, 0.25) is 0 Å². The molecular formula is C14H27NO3. The second kappa shape index (κ2) is 7.10. The number of hydrogen-bond donors (Lipinski definition) is 2. The molecule has 0 radical (unpaired) electrons. The third kappa shape index (κ3) is 5.36. The number of nitrogens with one attached hydrogen (secondary N) is 1. The molecule has 1 rings (SSSR count). The normalized spacial score (nSPS) is 29.9. The zero-order valence-electron chi connectivity index (χ0n) is 11.9. The lowest BCUT2D eigenvalue weighted by Gasteiger charge is -2.35. The number of aliphatic hydroxyl groups is 1. The summed E-state index contributed by atoms with van der Waals surface area (Å²) in [6.07, 6.45) is 4.14. The molecule has 1 aliphatic carbocycles. The minimum Gasteiger partial charge on any atom is -0.388 e. The maximum Gasteiger partial charge on any atom is 0.220 e. The SMILES string of the molecule is COCC(C)CC(=O)NCC1(O)CCC(C)CC1. The van der Waals surface area contributed by atoms with E-state index in [4.69, 9.17) is 4.74 Å². The topological polar surface area (TPSA) is 58.6 Å². The summed E-state index contributed by atoms with van der Waals surface area (Å²) in [6.45, 7) is 5.18. The van der Waals surface area contributed by atoms with Gasteiger partial charge in [-0.05, 0) is 37.5 Å². The van der Waals surface area contributed by atoms with Gasteiger partial charge in [-0.15, -0.1) is 0 Å². The fourth-order valence-corrected chi connectivity index (χ4v) is 2.47. The predicted octanol–water partition coefficient (Wildman–Crippen LogP) is 1.72. The molecule has 18 heavy (non-hydrogen) atoms. The fourth-order valence-electron chi connectivity index (χ4n) is 2.47. The Bertz CT molecular complexity index is 260. The number of amides is 1. The molecule has 1 atom stereocenters. The number of carbonyl (C=O) groups is 1. The molecule has 0 bridgehead atoms. The average Bonchev–Trinajstić information content (AvgIpc) is 2.31. The first-order valence-corrected chi connectivity index (χ1v) is 6.93. The summed E-state index contributed by atoms with van der Waals surface area (Å²) < 4.78 is 5.00. The van der Waals surface area contributed by atoms with Crippen molar-refractivity contribution >= 4 is 5.91 Å². The van der Waals surface area contributed by atoms with Gasteiger partial charge in [0.05, 0.1) is 5.60 Å². The first kappa shape index (κ1) is 15.4. The third-order valence-corrected chi connectivity index (χ3v) is 3.80. The summed E-state index contributed by atoms with van der Waals surface area (Å²) in [6, 6.07) is 0. The molecule has 1 fully saturated rings. The zero-order chi connectivity index (χ0) is 13.6. The number of hydrogen-bond acceptors (Lipinski definition) is 3. The first-order valence-electron chi connectivity index (χ1n) is 6.93. The summed E-state index contributed by atoms with van der Waals surface area (Å²) in [5, 5.41) is 13.2. The maximum atomic E-state index is 11.7. The number of ether oxygens (including phenoxy) is 1. The monoisotopic (exact) mass is 257 g/mol. The van der Waals surface area contributed by atoms with Crippen molar-refractivity contribution < 1.29 is 14.6 Å². The number of rotatable bonds is 6. The van der Waals surface area contributed by atoms with E-state index in [-0.39, 0.29) is 11.8 Å². The highest BCUT2D eigenvalue weighted by Crippen LogP contribution is 2.31. The Kier molecular flexibility index (Phi) is 6.09. The molecule has 1 aliphatic rings. The van der Waals surface area contributed by atoms with E-state index in [0.717, 1.165) is 25.7 Å². The van der Waals surface area contributed by atoms with E-state index in [9.17, 15) is 9.90 Å². The van der Waals surface area contributed by atoms with E-state index in [1.54, 1.807) is 7.11 Å². The lowest BCUT2D eigenvalue weighted by atomic mass is 9.79. The van der Waals surface area contributed by atoms with E-state index < -0.39 is 5.60 Å². The van der Waals surface area contributed by atoms with Crippen molar-refractivity contribution in [2.45, 2.75) is 51.6 Å². The van der Waals surface area contributed by atoms with Crippen LogP contribution in [0.25, 0.3) is 0 Å². The van der Waals surface area contributed by atoms with E-state index in [2.05, 4.69) is 12.2 Å². The first-order chi connectivity index (χ1) is 8.45. The summed E-state index contributed by atoms with van der Waals surface area (Å²) in [5.74, 6) is 0.922. The lowest BCUT2D eigenvalue weighted by molar-refractivity contribution is -0.124. The average molecular weight is 257 g/mol. The summed E-state index contributed by atoms with van der Waals surface area (Å²) in [4.78, 5) is 11.7. The van der Waals surface area contributed by atoms with Crippen LogP contribution in [-0.4, -0.2) is 36.9 Å². The van der Waals surface area contributed by atoms with Crippen molar-refractivity contribution in [3.8, 4) is 0 Å². The van der Waals surface area contributed by atoms with E-state index >= 15 is 0 Å². The Morgan fingerprint density at radius 3 is 2.67 bits per heavy atom. The molecule has 0 aromatic heterocycles. The van der Waals surface area contributed by atoms with E-state index in [1.165, 1.54) is 0 Å². The van der Waals surface area contributed by atoms with Crippen molar-refractivity contribution in [1.82, 2.24) is 5.32 Å². The quantitative estimate of drug-likeness (QED) is 0.761.